The first-order valence-electron chi connectivity index (χ1n) is 10.6. The van der Waals surface area contributed by atoms with Crippen molar-refractivity contribution in [3.8, 4) is 11.5 Å². The molecule has 0 bridgehead atoms. The lowest BCUT2D eigenvalue weighted by Gasteiger charge is -2.13. The van der Waals surface area contributed by atoms with Crippen LogP contribution in [0.1, 0.15) is 23.6 Å². The van der Waals surface area contributed by atoms with Crippen LogP contribution in [0.5, 0.6) is 11.5 Å². The van der Waals surface area contributed by atoms with Gasteiger partial charge in [-0.3, -0.25) is 14.5 Å². The molecule has 8 heteroatoms. The zero-order valence-corrected chi connectivity index (χ0v) is 19.9. The summed E-state index contributed by atoms with van der Waals surface area (Å²) in [7, 11) is 0. The summed E-state index contributed by atoms with van der Waals surface area (Å²) in [5.74, 6) is 0.209. The molecule has 3 aromatic carbocycles. The van der Waals surface area contributed by atoms with Gasteiger partial charge in [0.05, 0.1) is 18.1 Å². The van der Waals surface area contributed by atoms with Crippen molar-refractivity contribution in [3.63, 3.8) is 0 Å². The summed E-state index contributed by atoms with van der Waals surface area (Å²) in [6, 6.07) is 18.6. The van der Waals surface area contributed by atoms with Gasteiger partial charge in [0, 0.05) is 10.6 Å². The molecule has 1 saturated heterocycles. The molecule has 5 nitrogen and oxygen atoms in total. The lowest BCUT2D eigenvalue weighted by Crippen LogP contribution is -2.27. The molecule has 1 aliphatic rings. The van der Waals surface area contributed by atoms with Crippen molar-refractivity contribution in [2.24, 2.45) is 0 Å². The van der Waals surface area contributed by atoms with Crippen LogP contribution in [0.25, 0.3) is 6.08 Å². The fraction of sp³-hybridized carbons (Fsp3) is 0.154. The van der Waals surface area contributed by atoms with Crippen molar-refractivity contribution in [3.05, 3.63) is 99.2 Å². The Kier molecular flexibility index (Phi) is 7.55. The first-order chi connectivity index (χ1) is 16.4. The van der Waals surface area contributed by atoms with E-state index in [9.17, 15) is 14.0 Å². The number of halogens is 2. The standard InChI is InChI=1S/C26H21ClFNO4S/c1-2-32-23-13-17(10-11-22(23)33-16-19-7-3-4-9-21(19)28)14-24-25(30)29(26(31)34-24)15-18-6-5-8-20(27)12-18/h3-14H,2,15-16H2,1H3/b24-14-. The molecule has 2 amide bonds. The van der Waals surface area contributed by atoms with E-state index in [0.717, 1.165) is 17.3 Å². The van der Waals surface area contributed by atoms with Crippen molar-refractivity contribution >= 4 is 40.6 Å². The predicted molar refractivity (Wildman–Crippen MR) is 131 cm³/mol. The number of imide groups is 1. The highest BCUT2D eigenvalue weighted by atomic mass is 35.5. The molecule has 3 aromatic rings. The Bertz CT molecular complexity index is 1260. The minimum absolute atomic E-state index is 0.0501. The molecule has 4 rings (SSSR count). The van der Waals surface area contributed by atoms with Crippen LogP contribution in [0.2, 0.25) is 5.02 Å². The Morgan fingerprint density at radius 1 is 1.00 bits per heavy atom. The molecule has 0 atom stereocenters. The third-order valence-corrected chi connectivity index (χ3v) is 6.15. The Labute approximate surface area is 206 Å². The summed E-state index contributed by atoms with van der Waals surface area (Å²) in [5.41, 5.74) is 1.88. The number of hydrogen-bond donors (Lipinski definition) is 0. The lowest BCUT2D eigenvalue weighted by molar-refractivity contribution is -0.123. The van der Waals surface area contributed by atoms with E-state index in [4.69, 9.17) is 21.1 Å². The van der Waals surface area contributed by atoms with E-state index in [0.29, 0.717) is 39.2 Å². The van der Waals surface area contributed by atoms with Crippen LogP contribution >= 0.6 is 23.4 Å². The Morgan fingerprint density at radius 2 is 1.82 bits per heavy atom. The van der Waals surface area contributed by atoms with Crippen LogP contribution in [0.15, 0.2) is 71.6 Å². The van der Waals surface area contributed by atoms with E-state index >= 15 is 0 Å². The maximum atomic E-state index is 13.9. The van der Waals surface area contributed by atoms with Crippen molar-refractivity contribution < 1.29 is 23.5 Å². The maximum absolute atomic E-state index is 13.9. The van der Waals surface area contributed by atoms with E-state index < -0.39 is 0 Å². The Hall–Kier alpha value is -3.29. The highest BCUT2D eigenvalue weighted by Crippen LogP contribution is 2.35. The van der Waals surface area contributed by atoms with E-state index in [1.807, 2.05) is 13.0 Å². The number of amides is 2. The van der Waals surface area contributed by atoms with Gasteiger partial charge in [-0.1, -0.05) is 48.0 Å². The first-order valence-corrected chi connectivity index (χ1v) is 11.8. The van der Waals surface area contributed by atoms with Gasteiger partial charge in [0.25, 0.3) is 11.1 Å². The van der Waals surface area contributed by atoms with Crippen LogP contribution in [0.3, 0.4) is 0 Å². The largest absolute Gasteiger partial charge is 0.490 e. The van der Waals surface area contributed by atoms with Gasteiger partial charge in [-0.2, -0.15) is 0 Å². The van der Waals surface area contributed by atoms with Crippen molar-refractivity contribution in [1.82, 2.24) is 4.90 Å². The van der Waals surface area contributed by atoms with E-state index in [-0.39, 0.29) is 30.1 Å². The summed E-state index contributed by atoms with van der Waals surface area (Å²) in [6.45, 7) is 2.44. The fourth-order valence-electron chi connectivity index (χ4n) is 3.38. The molecule has 1 aliphatic heterocycles. The maximum Gasteiger partial charge on any atom is 0.293 e. The molecule has 174 valence electrons. The van der Waals surface area contributed by atoms with Crippen molar-refractivity contribution in [2.45, 2.75) is 20.1 Å². The third kappa shape index (κ3) is 5.61. The highest BCUT2D eigenvalue weighted by Gasteiger charge is 2.35. The van der Waals surface area contributed by atoms with Crippen LogP contribution in [-0.2, 0) is 17.9 Å². The van der Waals surface area contributed by atoms with Crippen LogP contribution < -0.4 is 9.47 Å². The normalized spacial score (nSPS) is 14.7. The zero-order valence-electron chi connectivity index (χ0n) is 18.3. The topological polar surface area (TPSA) is 55.8 Å². The molecular weight excluding hydrogens is 477 g/mol. The van der Waals surface area contributed by atoms with Gasteiger partial charge in [0.15, 0.2) is 11.5 Å². The average Bonchev–Trinajstić information content (AvgIpc) is 3.07. The van der Waals surface area contributed by atoms with Gasteiger partial charge < -0.3 is 9.47 Å². The number of rotatable bonds is 8. The van der Waals surface area contributed by atoms with Gasteiger partial charge in [-0.15, -0.1) is 0 Å². The highest BCUT2D eigenvalue weighted by molar-refractivity contribution is 8.18. The summed E-state index contributed by atoms with van der Waals surface area (Å²) < 4.78 is 25.4. The number of benzene rings is 3. The predicted octanol–water partition coefficient (Wildman–Crippen LogP) is 6.69. The number of hydrogen-bond acceptors (Lipinski definition) is 5. The molecule has 0 aromatic heterocycles. The molecule has 0 radical (unpaired) electrons. The van der Waals surface area contributed by atoms with Gasteiger partial charge in [-0.25, -0.2) is 4.39 Å². The average molecular weight is 498 g/mol. The second kappa shape index (κ2) is 10.8. The molecule has 0 aliphatic carbocycles. The molecule has 34 heavy (non-hydrogen) atoms. The molecule has 0 unspecified atom stereocenters. The molecule has 0 spiro atoms. The molecular formula is C26H21ClFNO4S. The van der Waals surface area contributed by atoms with Gasteiger partial charge in [0.2, 0.25) is 0 Å². The smallest absolute Gasteiger partial charge is 0.293 e. The van der Waals surface area contributed by atoms with Crippen LogP contribution in [-0.4, -0.2) is 22.7 Å². The Morgan fingerprint density at radius 3 is 2.59 bits per heavy atom. The minimum Gasteiger partial charge on any atom is -0.490 e. The first kappa shape index (κ1) is 23.9. The number of nitrogens with zero attached hydrogens (tertiary/aromatic N) is 1. The quantitative estimate of drug-likeness (QED) is 0.324. The SMILES string of the molecule is CCOc1cc(/C=C2\SC(=O)N(Cc3cccc(Cl)c3)C2=O)ccc1OCc1ccccc1F. The van der Waals surface area contributed by atoms with Crippen molar-refractivity contribution in [1.29, 1.82) is 0 Å². The van der Waals surface area contributed by atoms with Gasteiger partial charge >= 0.3 is 0 Å². The second-order valence-electron chi connectivity index (χ2n) is 7.42. The lowest BCUT2D eigenvalue weighted by atomic mass is 10.1. The summed E-state index contributed by atoms with van der Waals surface area (Å²) in [5, 5.41) is 0.201. The number of carbonyl (C=O) groups is 2. The van der Waals surface area contributed by atoms with Crippen LogP contribution in [0.4, 0.5) is 9.18 Å². The number of thioether (sulfide) groups is 1. The third-order valence-electron chi connectivity index (χ3n) is 5.01. The molecule has 0 saturated carbocycles. The molecule has 1 fully saturated rings. The van der Waals surface area contributed by atoms with E-state index in [1.54, 1.807) is 60.7 Å². The fourth-order valence-corrected chi connectivity index (χ4v) is 4.43. The monoisotopic (exact) mass is 497 g/mol. The number of carbonyl (C=O) groups excluding carboxylic acids is 2. The van der Waals surface area contributed by atoms with E-state index in [1.165, 1.54) is 11.0 Å². The second-order valence-corrected chi connectivity index (χ2v) is 8.85. The number of ether oxygens (including phenoxy) is 2. The molecule has 1 heterocycles. The summed E-state index contributed by atoms with van der Waals surface area (Å²) in [4.78, 5) is 26.8. The van der Waals surface area contributed by atoms with Crippen molar-refractivity contribution in [2.75, 3.05) is 6.61 Å². The van der Waals surface area contributed by atoms with Gasteiger partial charge in [-0.05, 0) is 66.2 Å². The minimum atomic E-state index is -0.368. The van der Waals surface area contributed by atoms with Gasteiger partial charge in [0.1, 0.15) is 12.4 Å². The summed E-state index contributed by atoms with van der Waals surface area (Å²) in [6.07, 6.45) is 1.64. The zero-order chi connectivity index (χ0) is 24.1. The summed E-state index contributed by atoms with van der Waals surface area (Å²) >= 11 is 6.90. The Balaban J connectivity index is 1.51. The molecule has 0 N–H and O–H groups in total. The van der Waals surface area contributed by atoms with E-state index in [2.05, 4.69) is 0 Å². The van der Waals surface area contributed by atoms with Crippen LogP contribution in [0, 0.1) is 5.82 Å².